The molecule has 1 aromatic heterocycles. The first-order valence-corrected chi connectivity index (χ1v) is 7.18. The third-order valence-corrected chi connectivity index (χ3v) is 4.11. The van der Waals surface area contributed by atoms with Crippen molar-refractivity contribution >= 4 is 34.8 Å². The number of piperidine rings is 1. The highest BCUT2D eigenvalue weighted by Crippen LogP contribution is 2.24. The van der Waals surface area contributed by atoms with Crippen molar-refractivity contribution in [3.63, 3.8) is 0 Å². The zero-order valence-electron chi connectivity index (χ0n) is 10.5. The second-order valence-corrected chi connectivity index (χ2v) is 5.85. The number of likely N-dealkylation sites (tertiary alicyclic amines) is 1. The van der Waals surface area contributed by atoms with Crippen molar-refractivity contribution in [2.75, 3.05) is 13.7 Å². The molecule has 0 N–H and O–H groups in total. The summed E-state index contributed by atoms with van der Waals surface area (Å²) in [7, 11) is 1.35. The van der Waals surface area contributed by atoms with Crippen LogP contribution in [0.5, 0.6) is 0 Å². The number of rotatable bonds is 3. The van der Waals surface area contributed by atoms with Crippen LogP contribution in [0.25, 0.3) is 0 Å². The van der Waals surface area contributed by atoms with E-state index in [1.54, 1.807) is 4.90 Å². The Morgan fingerprint density at radius 1 is 1.47 bits per heavy atom. The maximum atomic E-state index is 12.3. The van der Waals surface area contributed by atoms with Gasteiger partial charge in [-0.3, -0.25) is 9.59 Å². The van der Waals surface area contributed by atoms with Gasteiger partial charge in [0.25, 0.3) is 5.91 Å². The first kappa shape index (κ1) is 14.2. The van der Waals surface area contributed by atoms with Crippen LogP contribution in [0.15, 0.2) is 0 Å². The summed E-state index contributed by atoms with van der Waals surface area (Å²) in [5.74, 6) is -0.516. The van der Waals surface area contributed by atoms with Crippen LogP contribution in [0, 0.1) is 0 Å². The summed E-state index contributed by atoms with van der Waals surface area (Å²) >= 11 is 6.74. The summed E-state index contributed by atoms with van der Waals surface area (Å²) in [6.45, 7) is 0.623. The molecule has 19 heavy (non-hydrogen) atoms. The Bertz CT molecular complexity index is 480. The predicted octanol–water partition coefficient (Wildman–Crippen LogP) is 1.75. The zero-order chi connectivity index (χ0) is 13.8. The number of carbonyl (C=O) groups excluding carboxylic acids is 2. The van der Waals surface area contributed by atoms with E-state index in [1.807, 2.05) is 0 Å². The number of aromatic nitrogens is 2. The average molecular weight is 304 g/mol. The predicted molar refractivity (Wildman–Crippen MR) is 70.2 cm³/mol. The molecule has 6 nitrogen and oxygen atoms in total. The topological polar surface area (TPSA) is 72.4 Å². The van der Waals surface area contributed by atoms with E-state index < -0.39 is 0 Å². The van der Waals surface area contributed by atoms with Crippen LogP contribution >= 0.6 is 22.9 Å². The number of amides is 1. The largest absolute Gasteiger partial charge is 0.469 e. The molecule has 1 aliphatic heterocycles. The van der Waals surface area contributed by atoms with Crippen LogP contribution < -0.4 is 0 Å². The fourth-order valence-electron chi connectivity index (χ4n) is 2.17. The highest BCUT2D eigenvalue weighted by molar-refractivity contribution is 7.17. The van der Waals surface area contributed by atoms with Crippen molar-refractivity contribution in [1.82, 2.24) is 15.1 Å². The van der Waals surface area contributed by atoms with Crippen molar-refractivity contribution in [2.24, 2.45) is 0 Å². The number of nitrogens with zero attached hydrogens (tertiary/aromatic N) is 3. The SMILES string of the molecule is COC(=O)CC1CCCCN1C(=O)c1nnc(Cl)s1. The maximum absolute atomic E-state index is 12.3. The number of hydrogen-bond acceptors (Lipinski definition) is 6. The Balaban J connectivity index is 2.10. The first-order chi connectivity index (χ1) is 9.11. The molecule has 0 spiro atoms. The molecular formula is C11H14ClN3O3S. The molecule has 0 aliphatic carbocycles. The van der Waals surface area contributed by atoms with Gasteiger partial charge in [0, 0.05) is 12.6 Å². The normalized spacial score (nSPS) is 19.3. The maximum Gasteiger partial charge on any atom is 0.307 e. The molecule has 1 unspecified atom stereocenters. The highest BCUT2D eigenvalue weighted by Gasteiger charge is 2.31. The minimum absolute atomic E-state index is 0.128. The van der Waals surface area contributed by atoms with E-state index in [4.69, 9.17) is 11.6 Å². The smallest absolute Gasteiger partial charge is 0.307 e. The lowest BCUT2D eigenvalue weighted by Gasteiger charge is -2.34. The van der Waals surface area contributed by atoms with Gasteiger partial charge in [0.2, 0.25) is 9.47 Å². The first-order valence-electron chi connectivity index (χ1n) is 5.98. The number of hydrogen-bond donors (Lipinski definition) is 0. The fourth-order valence-corrected chi connectivity index (χ4v) is 2.95. The summed E-state index contributed by atoms with van der Waals surface area (Å²) in [4.78, 5) is 25.4. The Labute approximate surface area is 119 Å². The Morgan fingerprint density at radius 2 is 2.26 bits per heavy atom. The van der Waals surface area contributed by atoms with Gasteiger partial charge in [-0.25, -0.2) is 0 Å². The Kier molecular flexibility index (Phi) is 4.71. The number of halogens is 1. The van der Waals surface area contributed by atoms with Crippen LogP contribution in [0.3, 0.4) is 0 Å². The summed E-state index contributed by atoms with van der Waals surface area (Å²) in [6.07, 6.45) is 2.94. The third kappa shape index (κ3) is 3.42. The lowest BCUT2D eigenvalue weighted by molar-refractivity contribution is -0.142. The van der Waals surface area contributed by atoms with Gasteiger partial charge < -0.3 is 9.64 Å². The number of esters is 1. The van der Waals surface area contributed by atoms with Gasteiger partial charge in [0.1, 0.15) is 0 Å². The van der Waals surface area contributed by atoms with Gasteiger partial charge in [-0.15, -0.1) is 10.2 Å². The molecule has 2 rings (SSSR count). The van der Waals surface area contributed by atoms with Crippen LogP contribution in [-0.4, -0.2) is 46.7 Å². The quantitative estimate of drug-likeness (QED) is 0.795. The molecular weight excluding hydrogens is 290 g/mol. The van der Waals surface area contributed by atoms with E-state index in [0.29, 0.717) is 6.54 Å². The fraction of sp³-hybridized carbons (Fsp3) is 0.636. The van der Waals surface area contributed by atoms with Gasteiger partial charge >= 0.3 is 5.97 Å². The second kappa shape index (κ2) is 6.29. The average Bonchev–Trinajstić information content (AvgIpc) is 2.85. The van der Waals surface area contributed by atoms with Crippen molar-refractivity contribution in [1.29, 1.82) is 0 Å². The van der Waals surface area contributed by atoms with Crippen LogP contribution in [0.1, 0.15) is 35.5 Å². The minimum atomic E-state index is -0.306. The molecule has 8 heteroatoms. The van der Waals surface area contributed by atoms with Crippen molar-refractivity contribution in [2.45, 2.75) is 31.7 Å². The molecule has 2 heterocycles. The second-order valence-electron chi connectivity index (χ2n) is 4.29. The van der Waals surface area contributed by atoms with Crippen LogP contribution in [0.4, 0.5) is 0 Å². The zero-order valence-corrected chi connectivity index (χ0v) is 12.0. The standard InChI is InChI=1S/C11H14ClN3O3S/c1-18-8(16)6-7-4-2-3-5-15(7)10(17)9-13-14-11(12)19-9/h7H,2-6H2,1H3. The molecule has 0 aromatic carbocycles. The Morgan fingerprint density at radius 3 is 2.89 bits per heavy atom. The lowest BCUT2D eigenvalue weighted by atomic mass is 9.99. The van der Waals surface area contributed by atoms with E-state index in [2.05, 4.69) is 14.9 Å². The summed E-state index contributed by atoms with van der Waals surface area (Å²) in [6, 6.07) is -0.128. The van der Waals surface area contributed by atoms with Gasteiger partial charge in [0.15, 0.2) is 0 Å². The highest BCUT2D eigenvalue weighted by atomic mass is 35.5. The number of carbonyl (C=O) groups is 2. The molecule has 1 aromatic rings. The third-order valence-electron chi connectivity index (χ3n) is 3.10. The summed E-state index contributed by atoms with van der Waals surface area (Å²) < 4.78 is 4.91. The molecule has 1 amide bonds. The van der Waals surface area contributed by atoms with E-state index in [1.165, 1.54) is 7.11 Å². The van der Waals surface area contributed by atoms with Crippen molar-refractivity contribution in [3.05, 3.63) is 9.47 Å². The summed E-state index contributed by atoms with van der Waals surface area (Å²) in [5.41, 5.74) is 0. The number of methoxy groups -OCH3 is 1. The molecule has 0 radical (unpaired) electrons. The van der Waals surface area contributed by atoms with Gasteiger partial charge in [0.05, 0.1) is 13.5 Å². The number of ether oxygens (including phenoxy) is 1. The van der Waals surface area contributed by atoms with E-state index in [0.717, 1.165) is 30.6 Å². The van der Waals surface area contributed by atoms with E-state index in [9.17, 15) is 9.59 Å². The molecule has 1 atom stereocenters. The minimum Gasteiger partial charge on any atom is -0.469 e. The van der Waals surface area contributed by atoms with E-state index >= 15 is 0 Å². The summed E-state index contributed by atoms with van der Waals surface area (Å²) in [5, 5.41) is 7.65. The Hall–Kier alpha value is -1.21. The van der Waals surface area contributed by atoms with Crippen LogP contribution in [-0.2, 0) is 9.53 Å². The lowest BCUT2D eigenvalue weighted by Crippen LogP contribution is -2.44. The molecule has 0 bridgehead atoms. The molecule has 1 saturated heterocycles. The van der Waals surface area contributed by atoms with Gasteiger partial charge in [-0.05, 0) is 30.9 Å². The molecule has 0 saturated carbocycles. The monoisotopic (exact) mass is 303 g/mol. The van der Waals surface area contributed by atoms with E-state index in [-0.39, 0.29) is 33.8 Å². The van der Waals surface area contributed by atoms with Gasteiger partial charge in [-0.2, -0.15) is 0 Å². The molecule has 1 fully saturated rings. The van der Waals surface area contributed by atoms with Crippen molar-refractivity contribution < 1.29 is 14.3 Å². The molecule has 104 valence electrons. The van der Waals surface area contributed by atoms with Gasteiger partial charge in [-0.1, -0.05) is 11.3 Å². The molecule has 1 aliphatic rings. The van der Waals surface area contributed by atoms with Crippen molar-refractivity contribution in [3.8, 4) is 0 Å². The van der Waals surface area contributed by atoms with Crippen LogP contribution in [0.2, 0.25) is 4.47 Å².